The number of benzene rings is 2. The molecule has 0 saturated heterocycles. The summed E-state index contributed by atoms with van der Waals surface area (Å²) in [5.41, 5.74) is 2.93. The number of fused-ring (bicyclic) bond motifs is 3. The van der Waals surface area contributed by atoms with Crippen LogP contribution >= 0.6 is 0 Å². The van der Waals surface area contributed by atoms with Gasteiger partial charge in [0.15, 0.2) is 0 Å². The highest BCUT2D eigenvalue weighted by atomic mass is 16.5. The second-order valence-corrected chi connectivity index (χ2v) is 4.88. The molecule has 4 heteroatoms. The number of methoxy groups -OCH3 is 1. The van der Waals surface area contributed by atoms with Crippen LogP contribution in [-0.2, 0) is 11.3 Å². The van der Waals surface area contributed by atoms with E-state index in [1.54, 1.807) is 7.11 Å². The average Bonchev–Trinajstić information content (AvgIpc) is 2.71. The molecule has 4 nitrogen and oxygen atoms in total. The van der Waals surface area contributed by atoms with Crippen LogP contribution < -0.4 is 4.74 Å². The highest BCUT2D eigenvalue weighted by molar-refractivity contribution is 6.09. The van der Waals surface area contributed by atoms with Gasteiger partial charge in [-0.05, 0) is 30.7 Å². The van der Waals surface area contributed by atoms with Crippen molar-refractivity contribution in [2.45, 2.75) is 13.5 Å². The van der Waals surface area contributed by atoms with Gasteiger partial charge in [-0.1, -0.05) is 12.1 Å². The molecule has 0 fully saturated rings. The molecule has 3 rings (SSSR count). The monoisotopic (exact) mass is 269 g/mol. The second kappa shape index (κ2) is 4.56. The fourth-order valence-electron chi connectivity index (χ4n) is 2.62. The molecule has 0 atom stereocenters. The van der Waals surface area contributed by atoms with E-state index in [2.05, 4.69) is 0 Å². The van der Waals surface area contributed by atoms with Gasteiger partial charge in [0.2, 0.25) is 0 Å². The number of carboxylic acid groups (broad SMARTS) is 1. The highest BCUT2D eigenvalue weighted by Gasteiger charge is 2.13. The topological polar surface area (TPSA) is 51.5 Å². The lowest BCUT2D eigenvalue weighted by Crippen LogP contribution is -2.08. The third-order valence-corrected chi connectivity index (χ3v) is 3.52. The SMILES string of the molecule is COc1ccc2c3ccc(C)cc3n(CC(=O)O)c2c1. The lowest BCUT2D eigenvalue weighted by Gasteiger charge is -2.05. The van der Waals surface area contributed by atoms with Crippen molar-refractivity contribution in [2.24, 2.45) is 0 Å². The van der Waals surface area contributed by atoms with Gasteiger partial charge in [0.05, 0.1) is 12.6 Å². The van der Waals surface area contributed by atoms with Crippen LogP contribution in [0.15, 0.2) is 36.4 Å². The van der Waals surface area contributed by atoms with Crippen LogP contribution in [-0.4, -0.2) is 22.8 Å². The molecule has 20 heavy (non-hydrogen) atoms. The molecular formula is C16H15NO3. The molecule has 0 aliphatic rings. The van der Waals surface area contributed by atoms with Crippen LogP contribution in [0.25, 0.3) is 21.8 Å². The van der Waals surface area contributed by atoms with Gasteiger partial charge < -0.3 is 14.4 Å². The Kier molecular flexibility index (Phi) is 2.86. The summed E-state index contributed by atoms with van der Waals surface area (Å²) in [4.78, 5) is 11.1. The van der Waals surface area contributed by atoms with Crippen LogP contribution in [0.3, 0.4) is 0 Å². The van der Waals surface area contributed by atoms with E-state index in [9.17, 15) is 4.79 Å². The van der Waals surface area contributed by atoms with Gasteiger partial charge in [0.25, 0.3) is 0 Å². The van der Waals surface area contributed by atoms with Gasteiger partial charge in [0.1, 0.15) is 12.3 Å². The fraction of sp³-hybridized carbons (Fsp3) is 0.188. The van der Waals surface area contributed by atoms with Crippen molar-refractivity contribution >= 4 is 27.8 Å². The van der Waals surface area contributed by atoms with Crippen molar-refractivity contribution < 1.29 is 14.6 Å². The van der Waals surface area contributed by atoms with Crippen molar-refractivity contribution in [3.63, 3.8) is 0 Å². The molecule has 0 unspecified atom stereocenters. The van der Waals surface area contributed by atoms with Gasteiger partial charge >= 0.3 is 5.97 Å². The number of carbonyl (C=O) groups is 1. The third-order valence-electron chi connectivity index (χ3n) is 3.52. The van der Waals surface area contributed by atoms with Gasteiger partial charge in [-0.2, -0.15) is 0 Å². The minimum absolute atomic E-state index is 0.0589. The summed E-state index contributed by atoms with van der Waals surface area (Å²) in [5, 5.41) is 11.3. The maximum atomic E-state index is 11.1. The van der Waals surface area contributed by atoms with E-state index in [1.807, 2.05) is 47.9 Å². The summed E-state index contributed by atoms with van der Waals surface area (Å²) >= 11 is 0. The van der Waals surface area contributed by atoms with Crippen LogP contribution in [0.1, 0.15) is 5.56 Å². The largest absolute Gasteiger partial charge is 0.497 e. The van der Waals surface area contributed by atoms with Crippen molar-refractivity contribution in [1.82, 2.24) is 4.57 Å². The molecule has 0 spiro atoms. The normalized spacial score (nSPS) is 11.1. The number of aromatic nitrogens is 1. The predicted octanol–water partition coefficient (Wildman–Crippen LogP) is 3.20. The van der Waals surface area contributed by atoms with Crippen molar-refractivity contribution in [2.75, 3.05) is 7.11 Å². The first kappa shape index (κ1) is 12.5. The quantitative estimate of drug-likeness (QED) is 0.794. The number of rotatable bonds is 3. The molecule has 1 N–H and O–H groups in total. The van der Waals surface area contributed by atoms with Crippen molar-refractivity contribution in [3.8, 4) is 5.75 Å². The Morgan fingerprint density at radius 3 is 2.45 bits per heavy atom. The summed E-state index contributed by atoms with van der Waals surface area (Å²) in [7, 11) is 1.61. The number of nitrogens with zero attached hydrogens (tertiary/aromatic N) is 1. The first-order chi connectivity index (χ1) is 9.60. The number of aliphatic carboxylic acids is 1. The standard InChI is InChI=1S/C16H15NO3/c1-10-3-5-12-13-6-4-11(20-2)8-15(13)17(9-16(18)19)14(12)7-10/h3-8H,9H2,1-2H3,(H,18,19). The zero-order valence-electron chi connectivity index (χ0n) is 11.4. The Morgan fingerprint density at radius 1 is 1.15 bits per heavy atom. The van der Waals surface area contributed by atoms with E-state index in [0.29, 0.717) is 0 Å². The molecule has 0 bridgehead atoms. The Labute approximate surface area is 116 Å². The number of hydrogen-bond donors (Lipinski definition) is 1. The molecule has 102 valence electrons. The molecule has 2 aromatic carbocycles. The molecule has 0 aliphatic carbocycles. The van der Waals surface area contributed by atoms with Crippen molar-refractivity contribution in [1.29, 1.82) is 0 Å². The van der Waals surface area contributed by atoms with Crippen LogP contribution in [0.2, 0.25) is 0 Å². The van der Waals surface area contributed by atoms with E-state index >= 15 is 0 Å². The van der Waals surface area contributed by atoms with E-state index in [-0.39, 0.29) is 6.54 Å². The minimum atomic E-state index is -0.854. The predicted molar refractivity (Wildman–Crippen MR) is 78.4 cm³/mol. The van der Waals surface area contributed by atoms with E-state index in [0.717, 1.165) is 33.1 Å². The molecule has 1 heterocycles. The number of aryl methyl sites for hydroxylation is 1. The number of hydrogen-bond acceptors (Lipinski definition) is 2. The Balaban J connectivity index is 2.42. The molecule has 0 amide bonds. The van der Waals surface area contributed by atoms with Gasteiger partial charge in [-0.3, -0.25) is 4.79 Å². The summed E-state index contributed by atoms with van der Waals surface area (Å²) in [6, 6.07) is 11.9. The van der Waals surface area contributed by atoms with Crippen LogP contribution in [0.5, 0.6) is 5.75 Å². The molecular weight excluding hydrogens is 254 g/mol. The summed E-state index contributed by atoms with van der Waals surface area (Å²) in [5.74, 6) is -0.128. The van der Waals surface area contributed by atoms with Gasteiger partial charge in [-0.25, -0.2) is 0 Å². The summed E-state index contributed by atoms with van der Waals surface area (Å²) < 4.78 is 7.06. The maximum Gasteiger partial charge on any atom is 0.323 e. The van der Waals surface area contributed by atoms with Crippen LogP contribution in [0, 0.1) is 6.92 Å². The molecule has 0 radical (unpaired) electrons. The highest BCUT2D eigenvalue weighted by Crippen LogP contribution is 2.32. The smallest absolute Gasteiger partial charge is 0.323 e. The first-order valence-corrected chi connectivity index (χ1v) is 6.38. The van der Waals surface area contributed by atoms with Crippen molar-refractivity contribution in [3.05, 3.63) is 42.0 Å². The zero-order chi connectivity index (χ0) is 14.3. The van der Waals surface area contributed by atoms with Gasteiger partial charge in [-0.15, -0.1) is 0 Å². The lowest BCUT2D eigenvalue weighted by atomic mass is 10.1. The Bertz CT molecular complexity index is 817. The lowest BCUT2D eigenvalue weighted by molar-refractivity contribution is -0.137. The molecule has 1 aromatic heterocycles. The maximum absolute atomic E-state index is 11.1. The van der Waals surface area contributed by atoms with E-state index in [1.165, 1.54) is 0 Å². The third kappa shape index (κ3) is 1.90. The van der Waals surface area contributed by atoms with Gasteiger partial charge in [0, 0.05) is 22.4 Å². The number of ether oxygens (including phenoxy) is 1. The molecule has 0 saturated carbocycles. The minimum Gasteiger partial charge on any atom is -0.497 e. The first-order valence-electron chi connectivity index (χ1n) is 6.38. The second-order valence-electron chi connectivity index (χ2n) is 4.88. The molecule has 3 aromatic rings. The van der Waals surface area contributed by atoms with E-state index in [4.69, 9.17) is 9.84 Å². The zero-order valence-corrected chi connectivity index (χ0v) is 11.4. The van der Waals surface area contributed by atoms with Crippen LogP contribution in [0.4, 0.5) is 0 Å². The Hall–Kier alpha value is -2.49. The number of carboxylic acids is 1. The summed E-state index contributed by atoms with van der Waals surface area (Å²) in [6.07, 6.45) is 0. The Morgan fingerprint density at radius 2 is 1.80 bits per heavy atom. The fourth-order valence-corrected chi connectivity index (χ4v) is 2.62. The van der Waals surface area contributed by atoms with E-state index < -0.39 is 5.97 Å². The summed E-state index contributed by atoms with van der Waals surface area (Å²) in [6.45, 7) is 1.94. The molecule has 0 aliphatic heterocycles. The average molecular weight is 269 g/mol.